The Labute approximate surface area is 204 Å². The van der Waals surface area contributed by atoms with Crippen LogP contribution in [0, 0.1) is 11.3 Å². The van der Waals surface area contributed by atoms with Crippen molar-refractivity contribution >= 4 is 29.2 Å². The molecule has 2 unspecified atom stereocenters. The van der Waals surface area contributed by atoms with Crippen molar-refractivity contribution < 1.29 is 23.7 Å². The minimum absolute atomic E-state index is 0.0194. The predicted molar refractivity (Wildman–Crippen MR) is 124 cm³/mol. The van der Waals surface area contributed by atoms with E-state index in [0.29, 0.717) is 38.4 Å². The molecule has 5 rings (SSSR count). The molecular weight excluding hydrogens is 479 g/mol. The normalized spacial score (nSPS) is 18.4. The minimum Gasteiger partial charge on any atom is -0.485 e. The molecule has 0 saturated carbocycles. The van der Waals surface area contributed by atoms with Crippen molar-refractivity contribution in [2.24, 2.45) is 5.73 Å². The minimum atomic E-state index is -0.934. The van der Waals surface area contributed by atoms with Gasteiger partial charge in [0, 0.05) is 27.2 Å². The summed E-state index contributed by atoms with van der Waals surface area (Å²) in [5, 5.41) is 10.5. The number of nitrogens with two attached hydrogens (primary N) is 1. The van der Waals surface area contributed by atoms with Crippen molar-refractivity contribution in [1.82, 2.24) is 0 Å². The number of carbonyl (C=O) groups excluding carboxylic acids is 1. The van der Waals surface area contributed by atoms with Gasteiger partial charge in [-0.2, -0.15) is 5.26 Å². The number of para-hydroxylation sites is 2. The van der Waals surface area contributed by atoms with E-state index in [0.717, 1.165) is 0 Å². The summed E-state index contributed by atoms with van der Waals surface area (Å²) in [6.45, 7) is 0.0194. The predicted octanol–water partition coefficient (Wildman–Crippen LogP) is 4.96. The molecule has 0 fully saturated rings. The zero-order valence-corrected chi connectivity index (χ0v) is 19.0. The van der Waals surface area contributed by atoms with Crippen LogP contribution in [0.15, 0.2) is 72.1 Å². The van der Waals surface area contributed by atoms with Gasteiger partial charge in [0.25, 0.3) is 0 Å². The van der Waals surface area contributed by atoms with Crippen LogP contribution < -0.4 is 24.7 Å². The molecule has 3 aromatic rings. The molecule has 7 nitrogen and oxygen atoms in total. The van der Waals surface area contributed by atoms with E-state index < -0.39 is 18.0 Å². The molecule has 3 aromatic carbocycles. The van der Waals surface area contributed by atoms with E-state index in [1.165, 1.54) is 6.07 Å². The number of rotatable bonds is 3. The third-order valence-corrected chi connectivity index (χ3v) is 6.13. The van der Waals surface area contributed by atoms with E-state index >= 15 is 0 Å². The highest BCUT2D eigenvalue weighted by molar-refractivity contribution is 6.36. The summed E-state index contributed by atoms with van der Waals surface area (Å²) in [5.74, 6) is 0.195. The second-order valence-corrected chi connectivity index (χ2v) is 8.36. The summed E-state index contributed by atoms with van der Waals surface area (Å²) in [4.78, 5) is 12.7. The van der Waals surface area contributed by atoms with Gasteiger partial charge in [0.1, 0.15) is 29.7 Å². The zero-order chi connectivity index (χ0) is 23.8. The van der Waals surface area contributed by atoms with Gasteiger partial charge >= 0.3 is 5.97 Å². The van der Waals surface area contributed by atoms with Gasteiger partial charge in [-0.3, -0.25) is 0 Å². The fraction of sp³-hybridized carbons (Fsp3) is 0.120. The van der Waals surface area contributed by atoms with Crippen molar-refractivity contribution in [2.45, 2.75) is 12.0 Å². The lowest BCUT2D eigenvalue weighted by atomic mass is 9.83. The van der Waals surface area contributed by atoms with E-state index in [1.54, 1.807) is 48.5 Å². The summed E-state index contributed by atoms with van der Waals surface area (Å²) < 4.78 is 22.5. The van der Waals surface area contributed by atoms with Crippen LogP contribution in [0.1, 0.15) is 17.0 Å². The summed E-state index contributed by atoms with van der Waals surface area (Å²) >= 11 is 12.9. The highest BCUT2D eigenvalue weighted by Crippen LogP contribution is 2.47. The van der Waals surface area contributed by atoms with Crippen LogP contribution in [0.5, 0.6) is 23.0 Å². The number of allylic oxidation sites excluding steroid dienone is 1. The molecule has 0 aromatic heterocycles. The Bertz CT molecular complexity index is 1360. The van der Waals surface area contributed by atoms with E-state index in [1.807, 2.05) is 6.07 Å². The molecule has 2 aliphatic heterocycles. The lowest BCUT2D eigenvalue weighted by Gasteiger charge is -2.28. The number of hydrogen-bond acceptors (Lipinski definition) is 7. The van der Waals surface area contributed by atoms with Crippen molar-refractivity contribution in [3.63, 3.8) is 0 Å². The Kier molecular flexibility index (Phi) is 5.70. The summed E-state index contributed by atoms with van der Waals surface area (Å²) in [5.41, 5.74) is 7.37. The third kappa shape index (κ3) is 3.87. The standard InChI is InChI=1S/C25H16Cl2N2O5/c26-16-4-3-5-17(27)23(16)22-14-9-8-13(10-20(14)34-24(29)15(22)11-28)32-25(30)21-12-31-18-6-1-2-7-19(18)33-21/h1-10,21-22H,12,29H2. The maximum Gasteiger partial charge on any atom is 0.356 e. The fourth-order valence-electron chi connectivity index (χ4n) is 3.90. The molecule has 2 aliphatic rings. The fourth-order valence-corrected chi connectivity index (χ4v) is 4.52. The average Bonchev–Trinajstić information content (AvgIpc) is 2.83. The van der Waals surface area contributed by atoms with Gasteiger partial charge in [-0.15, -0.1) is 0 Å². The molecule has 9 heteroatoms. The Morgan fingerprint density at radius 2 is 1.76 bits per heavy atom. The first kappa shape index (κ1) is 22.0. The van der Waals surface area contributed by atoms with Gasteiger partial charge in [0.05, 0.1) is 5.92 Å². The number of hydrogen-bond donors (Lipinski definition) is 1. The number of nitrogens with zero attached hydrogens (tertiary/aromatic N) is 1. The van der Waals surface area contributed by atoms with Gasteiger partial charge < -0.3 is 24.7 Å². The second kappa shape index (κ2) is 8.82. The number of ether oxygens (including phenoxy) is 4. The summed E-state index contributed by atoms with van der Waals surface area (Å²) in [7, 11) is 0. The Morgan fingerprint density at radius 3 is 2.50 bits per heavy atom. The van der Waals surface area contributed by atoms with Crippen LogP contribution in [-0.4, -0.2) is 18.7 Å². The number of esters is 1. The van der Waals surface area contributed by atoms with E-state index in [4.69, 9.17) is 47.9 Å². The number of nitriles is 1. The molecule has 0 amide bonds. The van der Waals surface area contributed by atoms with E-state index in [2.05, 4.69) is 6.07 Å². The molecule has 2 heterocycles. The number of fused-ring (bicyclic) bond motifs is 2. The number of halogens is 2. The molecule has 0 radical (unpaired) electrons. The van der Waals surface area contributed by atoms with Gasteiger partial charge in [-0.1, -0.05) is 47.5 Å². The van der Waals surface area contributed by atoms with Crippen molar-refractivity contribution in [3.05, 3.63) is 93.3 Å². The molecular formula is C25H16Cl2N2O5. The van der Waals surface area contributed by atoms with Gasteiger partial charge in [0.15, 0.2) is 11.5 Å². The SMILES string of the molecule is N#CC1=C(N)Oc2cc(OC(=O)C3COc4ccccc4O3)ccc2C1c1c(Cl)cccc1Cl. The molecule has 2 N–H and O–H groups in total. The van der Waals surface area contributed by atoms with Gasteiger partial charge in [-0.25, -0.2) is 4.79 Å². The quantitative estimate of drug-likeness (QED) is 0.405. The Hall–Kier alpha value is -3.86. The van der Waals surface area contributed by atoms with Crippen LogP contribution in [0.25, 0.3) is 0 Å². The molecule has 34 heavy (non-hydrogen) atoms. The first-order valence-electron chi connectivity index (χ1n) is 10.2. The summed E-state index contributed by atoms with van der Waals surface area (Å²) in [6.07, 6.45) is -0.934. The van der Waals surface area contributed by atoms with Crippen LogP contribution in [0.4, 0.5) is 0 Å². The van der Waals surface area contributed by atoms with Crippen molar-refractivity contribution in [2.75, 3.05) is 6.61 Å². The highest BCUT2D eigenvalue weighted by atomic mass is 35.5. The molecule has 0 saturated heterocycles. The van der Waals surface area contributed by atoms with Crippen LogP contribution >= 0.6 is 23.2 Å². The third-order valence-electron chi connectivity index (χ3n) is 5.47. The first-order valence-corrected chi connectivity index (χ1v) is 11.0. The molecule has 0 bridgehead atoms. The zero-order valence-electron chi connectivity index (χ0n) is 17.5. The van der Waals surface area contributed by atoms with Crippen LogP contribution in [0.3, 0.4) is 0 Å². The second-order valence-electron chi connectivity index (χ2n) is 7.55. The molecule has 0 spiro atoms. The Morgan fingerprint density at radius 1 is 1.03 bits per heavy atom. The van der Waals surface area contributed by atoms with Gasteiger partial charge in [0.2, 0.25) is 12.0 Å². The largest absolute Gasteiger partial charge is 0.485 e. The van der Waals surface area contributed by atoms with Crippen LogP contribution in [-0.2, 0) is 4.79 Å². The maximum atomic E-state index is 12.7. The first-order chi connectivity index (χ1) is 16.5. The topological polar surface area (TPSA) is 104 Å². The Balaban J connectivity index is 1.44. The van der Waals surface area contributed by atoms with E-state index in [-0.39, 0.29) is 23.8 Å². The summed E-state index contributed by atoms with van der Waals surface area (Å²) in [6, 6.07) is 19.0. The van der Waals surface area contributed by atoms with Crippen molar-refractivity contribution in [1.29, 1.82) is 5.26 Å². The monoisotopic (exact) mass is 494 g/mol. The number of carbonyl (C=O) groups is 1. The average molecular weight is 495 g/mol. The lowest BCUT2D eigenvalue weighted by molar-refractivity contribution is -0.144. The molecule has 0 aliphatic carbocycles. The molecule has 2 atom stereocenters. The number of benzene rings is 3. The highest BCUT2D eigenvalue weighted by Gasteiger charge is 2.34. The lowest BCUT2D eigenvalue weighted by Crippen LogP contribution is -2.39. The molecule has 170 valence electrons. The maximum absolute atomic E-state index is 12.7. The van der Waals surface area contributed by atoms with Crippen molar-refractivity contribution in [3.8, 4) is 29.1 Å². The van der Waals surface area contributed by atoms with Gasteiger partial charge in [-0.05, 0) is 30.3 Å². The van der Waals surface area contributed by atoms with Crippen LogP contribution in [0.2, 0.25) is 10.0 Å². The van der Waals surface area contributed by atoms with E-state index in [9.17, 15) is 10.1 Å². The smallest absolute Gasteiger partial charge is 0.356 e.